The number of fused-ring (bicyclic) bond motifs is 1. The number of pyridine rings is 1. The number of hydrogen-bond acceptors (Lipinski definition) is 8. The van der Waals surface area contributed by atoms with Crippen molar-refractivity contribution in [2.45, 2.75) is 28.4 Å². The molecule has 1 aromatic heterocycles. The van der Waals surface area contributed by atoms with Gasteiger partial charge < -0.3 is 15.4 Å². The molecule has 13 heteroatoms. The minimum absolute atomic E-state index is 0.146. The van der Waals surface area contributed by atoms with E-state index in [4.69, 9.17) is 4.74 Å². The van der Waals surface area contributed by atoms with Gasteiger partial charge in [-0.15, -0.1) is 11.8 Å². The molecule has 2 aliphatic heterocycles. The third-order valence-electron chi connectivity index (χ3n) is 4.83. The molecule has 3 N–H and O–H groups in total. The molecule has 0 bridgehead atoms. The molecular formula is C21H17F3N4O4S2. The fraction of sp³-hybridized carbons (Fsp3) is 0.238. The molecule has 0 spiro atoms. The second-order valence-corrected chi connectivity index (χ2v) is 9.37. The number of thioether (sulfide) groups is 2. The van der Waals surface area contributed by atoms with Gasteiger partial charge in [-0.2, -0.15) is 13.2 Å². The molecule has 0 radical (unpaired) electrons. The third kappa shape index (κ3) is 5.47. The maximum absolute atomic E-state index is 13.1. The fourth-order valence-electron chi connectivity index (χ4n) is 3.24. The average Bonchev–Trinajstić information content (AvgIpc) is 3.44. The molecule has 0 fully saturated rings. The monoisotopic (exact) mass is 510 g/mol. The maximum Gasteiger partial charge on any atom is 0.416 e. The van der Waals surface area contributed by atoms with E-state index in [0.29, 0.717) is 5.75 Å². The van der Waals surface area contributed by atoms with Gasteiger partial charge in [-0.1, -0.05) is 36.0 Å². The molecule has 2 unspecified atom stereocenters. The van der Waals surface area contributed by atoms with E-state index in [1.807, 2.05) is 5.32 Å². The summed E-state index contributed by atoms with van der Waals surface area (Å²) in [5.41, 5.74) is -0.289. The van der Waals surface area contributed by atoms with Crippen LogP contribution < -0.4 is 16.0 Å². The Morgan fingerprint density at radius 2 is 2.00 bits per heavy atom. The van der Waals surface area contributed by atoms with E-state index in [1.54, 1.807) is 24.5 Å². The van der Waals surface area contributed by atoms with Crippen molar-refractivity contribution in [3.05, 3.63) is 65.5 Å². The zero-order valence-electron chi connectivity index (χ0n) is 17.2. The van der Waals surface area contributed by atoms with Gasteiger partial charge in [-0.25, -0.2) is 4.79 Å². The van der Waals surface area contributed by atoms with Gasteiger partial charge in [0.2, 0.25) is 0 Å². The Morgan fingerprint density at radius 3 is 2.76 bits per heavy atom. The Labute approximate surface area is 200 Å². The lowest BCUT2D eigenvalue weighted by Crippen LogP contribution is -2.44. The number of alkyl halides is 3. The van der Waals surface area contributed by atoms with Crippen LogP contribution in [0.25, 0.3) is 0 Å². The Bertz CT molecular complexity index is 1130. The highest BCUT2D eigenvalue weighted by atomic mass is 32.2. The van der Waals surface area contributed by atoms with E-state index < -0.39 is 41.1 Å². The molecule has 3 amide bonds. The molecule has 8 nitrogen and oxygen atoms in total. The number of halogens is 3. The zero-order chi connectivity index (χ0) is 24.3. The summed E-state index contributed by atoms with van der Waals surface area (Å²) in [6, 6.07) is 6.45. The smallest absolute Gasteiger partial charge is 0.416 e. The minimum atomic E-state index is -4.60. The van der Waals surface area contributed by atoms with Gasteiger partial charge in [0, 0.05) is 28.0 Å². The summed E-state index contributed by atoms with van der Waals surface area (Å²) in [6.45, 7) is -0.664. The van der Waals surface area contributed by atoms with Crippen molar-refractivity contribution < 1.29 is 32.3 Å². The van der Waals surface area contributed by atoms with Gasteiger partial charge in [0.05, 0.1) is 17.4 Å². The maximum atomic E-state index is 13.1. The van der Waals surface area contributed by atoms with Gasteiger partial charge in [0.25, 0.3) is 11.8 Å². The van der Waals surface area contributed by atoms with Gasteiger partial charge in [0.1, 0.15) is 12.0 Å². The fourth-order valence-corrected chi connectivity index (χ4v) is 5.29. The highest BCUT2D eigenvalue weighted by Crippen LogP contribution is 2.38. The Balaban J connectivity index is 1.30. The summed E-state index contributed by atoms with van der Waals surface area (Å²) in [5.74, 6) is -0.730. The summed E-state index contributed by atoms with van der Waals surface area (Å²) in [7, 11) is 0. The van der Waals surface area contributed by atoms with Crippen LogP contribution in [0.5, 0.6) is 0 Å². The second kappa shape index (κ2) is 9.97. The average molecular weight is 511 g/mol. The van der Waals surface area contributed by atoms with Crippen molar-refractivity contribution in [2.75, 3.05) is 11.1 Å². The van der Waals surface area contributed by atoms with Crippen LogP contribution in [-0.2, 0) is 27.1 Å². The van der Waals surface area contributed by atoms with E-state index in [2.05, 4.69) is 15.6 Å². The number of carbonyl (C=O) groups is 3. The Hall–Kier alpha value is -3.19. The van der Waals surface area contributed by atoms with Crippen LogP contribution in [0.3, 0.4) is 0 Å². The molecular weight excluding hydrogens is 493 g/mol. The standard InChI is InChI=1S/C21H17F3N4O4S2/c22-21(23,24)13-4-2-1-3-11(13)10-32-20(31)28-16(29)12-6-8-33-18(12)27-17(30)19-26-14-9-25-7-5-15(14)34-19/h1-7,9,18-19,26H,8,10H2,(H,27,30)(H,28,29,31). The van der Waals surface area contributed by atoms with E-state index in [9.17, 15) is 27.6 Å². The summed E-state index contributed by atoms with van der Waals surface area (Å²) in [4.78, 5) is 42.1. The Morgan fingerprint density at radius 1 is 1.21 bits per heavy atom. The number of benzene rings is 1. The largest absolute Gasteiger partial charge is 0.444 e. The van der Waals surface area contributed by atoms with Crippen molar-refractivity contribution in [1.82, 2.24) is 15.6 Å². The highest BCUT2D eigenvalue weighted by molar-refractivity contribution is 8.01. The normalized spacial score (nSPS) is 19.0. The number of imide groups is 1. The van der Waals surface area contributed by atoms with Crippen LogP contribution in [0.2, 0.25) is 0 Å². The van der Waals surface area contributed by atoms with Crippen LogP contribution in [0.4, 0.5) is 23.7 Å². The molecule has 0 aliphatic carbocycles. The molecule has 4 rings (SSSR count). The van der Waals surface area contributed by atoms with Gasteiger partial charge in [0.15, 0.2) is 5.37 Å². The van der Waals surface area contributed by atoms with Crippen LogP contribution in [0.1, 0.15) is 11.1 Å². The molecule has 3 heterocycles. The molecule has 34 heavy (non-hydrogen) atoms. The van der Waals surface area contributed by atoms with Crippen molar-refractivity contribution in [1.29, 1.82) is 0 Å². The number of anilines is 1. The summed E-state index contributed by atoms with van der Waals surface area (Å²) in [5, 5.41) is 6.48. The first-order chi connectivity index (χ1) is 16.2. The van der Waals surface area contributed by atoms with E-state index in [1.165, 1.54) is 41.7 Å². The molecule has 178 valence electrons. The van der Waals surface area contributed by atoms with Crippen molar-refractivity contribution >= 4 is 47.1 Å². The predicted octanol–water partition coefficient (Wildman–Crippen LogP) is 3.51. The van der Waals surface area contributed by atoms with E-state index in [-0.39, 0.29) is 17.0 Å². The van der Waals surface area contributed by atoms with Crippen molar-refractivity contribution in [3.63, 3.8) is 0 Å². The number of nitrogens with one attached hydrogen (secondary N) is 3. The van der Waals surface area contributed by atoms with Gasteiger partial charge >= 0.3 is 12.3 Å². The van der Waals surface area contributed by atoms with Crippen LogP contribution >= 0.6 is 23.5 Å². The van der Waals surface area contributed by atoms with Gasteiger partial charge in [-0.3, -0.25) is 19.9 Å². The number of aromatic nitrogens is 1. The first-order valence-corrected chi connectivity index (χ1v) is 11.8. The number of rotatable bonds is 5. The SMILES string of the molecule is O=C(NC(=O)C1=CCSC1NC(=O)C1Nc2cnccc2S1)OCc1ccccc1C(F)(F)F. The quantitative estimate of drug-likeness (QED) is 0.561. The number of ether oxygens (including phenoxy) is 1. The lowest BCUT2D eigenvalue weighted by molar-refractivity contribution is -0.138. The summed E-state index contributed by atoms with van der Waals surface area (Å²) < 4.78 is 44.0. The highest BCUT2D eigenvalue weighted by Gasteiger charge is 2.34. The topological polar surface area (TPSA) is 109 Å². The molecule has 2 aliphatic rings. The number of hydrogen-bond donors (Lipinski definition) is 3. The van der Waals surface area contributed by atoms with Crippen molar-refractivity contribution in [2.24, 2.45) is 0 Å². The van der Waals surface area contributed by atoms with E-state index >= 15 is 0 Å². The zero-order valence-corrected chi connectivity index (χ0v) is 18.9. The van der Waals surface area contributed by atoms with E-state index in [0.717, 1.165) is 16.6 Å². The van der Waals surface area contributed by atoms with Crippen LogP contribution in [-0.4, -0.2) is 39.4 Å². The predicted molar refractivity (Wildman–Crippen MR) is 120 cm³/mol. The first-order valence-electron chi connectivity index (χ1n) is 9.85. The first kappa shape index (κ1) is 24.0. The number of alkyl carbamates (subject to hydrolysis) is 1. The van der Waals surface area contributed by atoms with Crippen molar-refractivity contribution in [3.8, 4) is 0 Å². The molecule has 1 aromatic carbocycles. The number of amides is 3. The number of nitrogens with zero attached hydrogens (tertiary/aromatic N) is 1. The molecule has 0 saturated heterocycles. The van der Waals surface area contributed by atoms with Crippen LogP contribution in [0, 0.1) is 0 Å². The lowest BCUT2D eigenvalue weighted by atomic mass is 10.1. The second-order valence-electron chi connectivity index (χ2n) is 7.08. The molecule has 2 aromatic rings. The van der Waals surface area contributed by atoms with Gasteiger partial charge in [-0.05, 0) is 12.1 Å². The lowest BCUT2D eigenvalue weighted by Gasteiger charge is -2.18. The number of carbonyl (C=O) groups excluding carboxylic acids is 3. The minimum Gasteiger partial charge on any atom is -0.444 e. The molecule has 2 atom stereocenters. The molecule has 0 saturated carbocycles. The third-order valence-corrected chi connectivity index (χ3v) is 7.07. The Kier molecular flexibility index (Phi) is 7.03. The summed E-state index contributed by atoms with van der Waals surface area (Å²) >= 11 is 2.59. The van der Waals surface area contributed by atoms with Crippen LogP contribution in [0.15, 0.2) is 59.3 Å². The summed E-state index contributed by atoms with van der Waals surface area (Å²) in [6.07, 6.45) is -1.01.